The second-order valence-electron chi connectivity index (χ2n) is 5.39. The van der Waals surface area contributed by atoms with Crippen LogP contribution in [0.25, 0.3) is 0 Å². The first-order chi connectivity index (χ1) is 12.0. The zero-order chi connectivity index (χ0) is 18.4. The van der Waals surface area contributed by atoms with Gasteiger partial charge in [-0.1, -0.05) is 29.3 Å². The summed E-state index contributed by atoms with van der Waals surface area (Å²) in [6, 6.07) is 10.2. The second-order valence-corrected chi connectivity index (χ2v) is 6.24. The molecule has 1 amide bonds. The molecule has 0 saturated carbocycles. The molecule has 0 fully saturated rings. The van der Waals surface area contributed by atoms with Crippen molar-refractivity contribution in [2.45, 2.75) is 26.8 Å². The van der Waals surface area contributed by atoms with Gasteiger partial charge in [0, 0.05) is 5.02 Å². The van der Waals surface area contributed by atoms with E-state index in [0.717, 1.165) is 5.56 Å². The third kappa shape index (κ3) is 5.03. The van der Waals surface area contributed by atoms with Crippen molar-refractivity contribution in [2.24, 2.45) is 0 Å². The summed E-state index contributed by atoms with van der Waals surface area (Å²) in [5.74, 6) is 1.08. The van der Waals surface area contributed by atoms with Crippen LogP contribution in [0.4, 0.5) is 0 Å². The van der Waals surface area contributed by atoms with E-state index >= 15 is 0 Å². The Morgan fingerprint density at radius 2 is 1.72 bits per heavy atom. The zero-order valence-corrected chi connectivity index (χ0v) is 15.9. The molecule has 6 heteroatoms. The average molecular weight is 382 g/mol. The van der Waals surface area contributed by atoms with Crippen LogP contribution in [0.2, 0.25) is 10.0 Å². The number of hydrogen-bond donors (Lipinski definition) is 1. The fraction of sp³-hybridized carbons (Fsp3) is 0.316. The number of ether oxygens (including phenoxy) is 2. The highest BCUT2D eigenvalue weighted by Crippen LogP contribution is 2.31. The molecule has 0 aliphatic rings. The number of nitrogens with one attached hydrogen (secondary N) is 1. The van der Waals surface area contributed by atoms with Crippen LogP contribution in [0, 0.1) is 0 Å². The van der Waals surface area contributed by atoms with Crippen molar-refractivity contribution in [3.63, 3.8) is 0 Å². The summed E-state index contributed by atoms with van der Waals surface area (Å²) in [5.41, 5.74) is 1.29. The summed E-state index contributed by atoms with van der Waals surface area (Å²) >= 11 is 12.0. The first-order valence-electron chi connectivity index (χ1n) is 8.11. The van der Waals surface area contributed by atoms with E-state index in [4.69, 9.17) is 32.7 Å². The molecule has 0 saturated heterocycles. The van der Waals surface area contributed by atoms with E-state index in [1.165, 1.54) is 0 Å². The van der Waals surface area contributed by atoms with Crippen molar-refractivity contribution in [3.8, 4) is 11.5 Å². The van der Waals surface area contributed by atoms with E-state index in [0.29, 0.717) is 40.3 Å². The van der Waals surface area contributed by atoms with Crippen molar-refractivity contribution >= 4 is 29.1 Å². The maximum absolute atomic E-state index is 12.4. The quantitative estimate of drug-likeness (QED) is 0.709. The minimum absolute atomic E-state index is 0.228. The van der Waals surface area contributed by atoms with Crippen LogP contribution in [-0.2, 0) is 0 Å². The van der Waals surface area contributed by atoms with E-state index < -0.39 is 0 Å². The third-order valence-electron chi connectivity index (χ3n) is 3.59. The molecule has 0 aliphatic carbocycles. The van der Waals surface area contributed by atoms with Crippen LogP contribution < -0.4 is 14.8 Å². The molecule has 2 rings (SSSR count). The molecule has 0 aliphatic heterocycles. The maximum atomic E-state index is 12.4. The van der Waals surface area contributed by atoms with Crippen molar-refractivity contribution in [2.75, 3.05) is 13.2 Å². The average Bonchev–Trinajstić information content (AvgIpc) is 2.56. The third-order valence-corrected chi connectivity index (χ3v) is 4.14. The van der Waals surface area contributed by atoms with Gasteiger partial charge in [0.25, 0.3) is 5.91 Å². The number of amides is 1. The van der Waals surface area contributed by atoms with Gasteiger partial charge in [0.05, 0.1) is 29.8 Å². The number of rotatable bonds is 7. The fourth-order valence-electron chi connectivity index (χ4n) is 2.37. The molecule has 0 radical (unpaired) electrons. The predicted octanol–water partition coefficient (Wildman–Crippen LogP) is 5.28. The summed E-state index contributed by atoms with van der Waals surface area (Å²) < 4.78 is 11.2. The SMILES string of the molecule is CCOc1ccc(C(C)NC(=O)c2ccc(Cl)cc2Cl)cc1OCC. The van der Waals surface area contributed by atoms with Gasteiger partial charge in [-0.05, 0) is 56.7 Å². The van der Waals surface area contributed by atoms with Crippen LogP contribution in [0.15, 0.2) is 36.4 Å². The Morgan fingerprint density at radius 1 is 1.04 bits per heavy atom. The van der Waals surface area contributed by atoms with Crippen molar-refractivity contribution in [3.05, 3.63) is 57.6 Å². The van der Waals surface area contributed by atoms with Gasteiger partial charge in [0.1, 0.15) is 0 Å². The molecular weight excluding hydrogens is 361 g/mol. The van der Waals surface area contributed by atoms with E-state index in [9.17, 15) is 4.79 Å². The summed E-state index contributed by atoms with van der Waals surface area (Å²) in [6.07, 6.45) is 0. The molecule has 0 spiro atoms. The molecular formula is C19H21Cl2NO3. The lowest BCUT2D eigenvalue weighted by molar-refractivity contribution is 0.0940. The number of halogens is 2. The van der Waals surface area contributed by atoms with Crippen molar-refractivity contribution in [1.82, 2.24) is 5.32 Å². The van der Waals surface area contributed by atoms with Crippen LogP contribution in [0.1, 0.15) is 42.7 Å². The van der Waals surface area contributed by atoms with E-state index in [1.54, 1.807) is 18.2 Å². The lowest BCUT2D eigenvalue weighted by atomic mass is 10.1. The van der Waals surface area contributed by atoms with Gasteiger partial charge in [-0.15, -0.1) is 0 Å². The van der Waals surface area contributed by atoms with Crippen LogP contribution >= 0.6 is 23.2 Å². The molecule has 4 nitrogen and oxygen atoms in total. The lowest BCUT2D eigenvalue weighted by Crippen LogP contribution is -2.26. The molecule has 25 heavy (non-hydrogen) atoms. The van der Waals surface area contributed by atoms with E-state index in [2.05, 4.69) is 5.32 Å². The van der Waals surface area contributed by atoms with Gasteiger partial charge in [-0.25, -0.2) is 0 Å². The minimum atomic E-state index is -0.263. The standard InChI is InChI=1S/C19H21Cl2NO3/c1-4-24-17-9-6-13(10-18(17)25-5-2)12(3)22-19(23)15-8-7-14(20)11-16(15)21/h6-12H,4-5H2,1-3H3,(H,22,23). The van der Waals surface area contributed by atoms with Gasteiger partial charge in [-0.2, -0.15) is 0 Å². The second kappa shape index (κ2) is 8.97. The fourth-order valence-corrected chi connectivity index (χ4v) is 2.86. The first kappa shape index (κ1) is 19.4. The molecule has 2 aromatic carbocycles. The van der Waals surface area contributed by atoms with Gasteiger partial charge >= 0.3 is 0 Å². The highest BCUT2D eigenvalue weighted by Gasteiger charge is 2.16. The normalized spacial score (nSPS) is 11.7. The summed E-state index contributed by atoms with van der Waals surface area (Å²) in [4.78, 5) is 12.4. The first-order valence-corrected chi connectivity index (χ1v) is 8.87. The smallest absolute Gasteiger partial charge is 0.253 e. The van der Waals surface area contributed by atoms with Crippen molar-refractivity contribution in [1.29, 1.82) is 0 Å². The topological polar surface area (TPSA) is 47.6 Å². The summed E-state index contributed by atoms with van der Waals surface area (Å²) in [7, 11) is 0. The van der Waals surface area contributed by atoms with Gasteiger partial charge in [0.15, 0.2) is 11.5 Å². The molecule has 2 aromatic rings. The van der Waals surface area contributed by atoms with Crippen LogP contribution in [-0.4, -0.2) is 19.1 Å². The van der Waals surface area contributed by atoms with Gasteiger partial charge in [-0.3, -0.25) is 4.79 Å². The Kier molecular flexibility index (Phi) is 6.97. The van der Waals surface area contributed by atoms with E-state index in [-0.39, 0.29) is 11.9 Å². The number of carbonyl (C=O) groups excluding carboxylic acids is 1. The van der Waals surface area contributed by atoms with Gasteiger partial charge < -0.3 is 14.8 Å². The Balaban J connectivity index is 2.18. The maximum Gasteiger partial charge on any atom is 0.253 e. The van der Waals surface area contributed by atoms with Crippen molar-refractivity contribution < 1.29 is 14.3 Å². The largest absolute Gasteiger partial charge is 0.490 e. The zero-order valence-electron chi connectivity index (χ0n) is 14.4. The van der Waals surface area contributed by atoms with Crippen LogP contribution in [0.3, 0.4) is 0 Å². The van der Waals surface area contributed by atoms with Crippen LogP contribution in [0.5, 0.6) is 11.5 Å². The molecule has 0 bridgehead atoms. The minimum Gasteiger partial charge on any atom is -0.490 e. The molecule has 1 unspecified atom stereocenters. The number of carbonyl (C=O) groups is 1. The highest BCUT2D eigenvalue weighted by atomic mass is 35.5. The highest BCUT2D eigenvalue weighted by molar-refractivity contribution is 6.36. The predicted molar refractivity (Wildman–Crippen MR) is 101 cm³/mol. The lowest BCUT2D eigenvalue weighted by Gasteiger charge is -2.18. The Hall–Kier alpha value is -1.91. The molecule has 0 aromatic heterocycles. The molecule has 1 atom stereocenters. The Bertz CT molecular complexity index is 749. The van der Waals surface area contributed by atoms with E-state index in [1.807, 2.05) is 39.0 Å². The summed E-state index contributed by atoms with van der Waals surface area (Å²) in [5, 5.41) is 3.74. The monoisotopic (exact) mass is 381 g/mol. The number of benzene rings is 2. The molecule has 0 heterocycles. The molecule has 134 valence electrons. The Labute approximate surface area is 158 Å². The molecule has 1 N–H and O–H groups in total. The number of hydrogen-bond acceptors (Lipinski definition) is 3. The summed E-state index contributed by atoms with van der Waals surface area (Å²) in [6.45, 7) is 6.82. The van der Waals surface area contributed by atoms with Gasteiger partial charge in [0.2, 0.25) is 0 Å². The Morgan fingerprint density at radius 3 is 2.36 bits per heavy atom.